The van der Waals surface area contributed by atoms with Crippen molar-refractivity contribution in [1.29, 1.82) is 0 Å². The number of rotatable bonds is 3. The van der Waals surface area contributed by atoms with Crippen molar-refractivity contribution in [3.05, 3.63) is 41.8 Å². The van der Waals surface area contributed by atoms with Crippen molar-refractivity contribution < 1.29 is 14.1 Å². The molecule has 0 radical (unpaired) electrons. The maximum absolute atomic E-state index is 13.1. The Labute approximate surface area is 156 Å². The van der Waals surface area contributed by atoms with Gasteiger partial charge in [0.05, 0.1) is 17.5 Å². The van der Waals surface area contributed by atoms with Crippen molar-refractivity contribution in [3.8, 4) is 0 Å². The van der Waals surface area contributed by atoms with Gasteiger partial charge in [0, 0.05) is 17.5 Å². The van der Waals surface area contributed by atoms with Gasteiger partial charge in [-0.3, -0.25) is 9.59 Å². The quantitative estimate of drug-likeness (QED) is 0.829. The lowest BCUT2D eigenvalue weighted by molar-refractivity contribution is -0.134. The van der Waals surface area contributed by atoms with E-state index in [2.05, 4.69) is 5.16 Å². The Balaban J connectivity index is 1.56. The summed E-state index contributed by atoms with van der Waals surface area (Å²) in [6.45, 7) is 2.62. The average Bonchev–Trinajstić information content (AvgIpc) is 3.10. The van der Waals surface area contributed by atoms with E-state index in [0.29, 0.717) is 12.3 Å². The molecule has 1 fully saturated rings. The fourth-order valence-corrected chi connectivity index (χ4v) is 4.57. The van der Waals surface area contributed by atoms with Gasteiger partial charge in [-0.05, 0) is 38.3 Å². The van der Waals surface area contributed by atoms with E-state index in [1.54, 1.807) is 4.90 Å². The van der Waals surface area contributed by atoms with Crippen molar-refractivity contribution in [3.63, 3.8) is 0 Å². The van der Waals surface area contributed by atoms with Crippen molar-refractivity contribution >= 4 is 29.3 Å². The van der Waals surface area contributed by atoms with Gasteiger partial charge in [-0.1, -0.05) is 17.3 Å². The summed E-state index contributed by atoms with van der Waals surface area (Å²) in [4.78, 5) is 30.0. The molecule has 0 bridgehead atoms. The first-order valence-electron chi connectivity index (χ1n) is 8.88. The number of benzene rings is 1. The molecule has 0 spiro atoms. The zero-order valence-corrected chi connectivity index (χ0v) is 15.5. The lowest BCUT2D eigenvalue weighted by atomic mass is 9.99. The van der Waals surface area contributed by atoms with E-state index in [1.807, 2.05) is 42.2 Å². The van der Waals surface area contributed by atoms with Crippen LogP contribution in [0.4, 0.5) is 5.69 Å². The molecule has 2 aliphatic heterocycles. The molecule has 0 unspecified atom stereocenters. The molecular formula is C19H21N3O3S. The van der Waals surface area contributed by atoms with Crippen LogP contribution < -0.4 is 4.90 Å². The molecule has 1 aromatic carbocycles. The fraction of sp³-hybridized carbons (Fsp3) is 0.421. The van der Waals surface area contributed by atoms with Crippen LogP contribution in [0, 0.1) is 6.92 Å². The molecule has 2 amide bonds. The van der Waals surface area contributed by atoms with Crippen LogP contribution in [0.15, 0.2) is 39.8 Å². The first kappa shape index (κ1) is 17.1. The molecule has 136 valence electrons. The van der Waals surface area contributed by atoms with Gasteiger partial charge in [-0.15, -0.1) is 11.8 Å². The van der Waals surface area contributed by atoms with E-state index in [0.717, 1.165) is 41.3 Å². The van der Waals surface area contributed by atoms with Crippen LogP contribution in [0.1, 0.15) is 36.8 Å². The highest BCUT2D eigenvalue weighted by molar-refractivity contribution is 8.00. The molecule has 2 aliphatic rings. The smallest absolute Gasteiger partial charge is 0.243 e. The Hall–Kier alpha value is -2.28. The topological polar surface area (TPSA) is 66.7 Å². The number of amides is 2. The number of thioether (sulfide) groups is 1. The summed E-state index contributed by atoms with van der Waals surface area (Å²) in [5, 5.41) is 4.12. The van der Waals surface area contributed by atoms with E-state index >= 15 is 0 Å². The molecule has 26 heavy (non-hydrogen) atoms. The standard InChI is InChI=1S/C19H21N3O3S/c1-13-10-14(20-25-13)15-6-4-5-9-21(15)18(23)11-22-16-7-2-3-8-17(16)26-12-19(22)24/h2-3,7-8,10,15H,4-6,9,11-12H2,1H3/t15-/m0/s1. The second kappa shape index (κ2) is 7.15. The number of likely N-dealkylation sites (tertiary alicyclic amines) is 1. The van der Waals surface area contributed by atoms with Crippen molar-refractivity contribution in [2.24, 2.45) is 0 Å². The van der Waals surface area contributed by atoms with Gasteiger partial charge in [-0.25, -0.2) is 0 Å². The minimum absolute atomic E-state index is 0.0205. The number of aryl methyl sites for hydroxylation is 1. The van der Waals surface area contributed by atoms with Crippen molar-refractivity contribution in [2.75, 3.05) is 23.7 Å². The zero-order valence-electron chi connectivity index (χ0n) is 14.7. The highest BCUT2D eigenvalue weighted by atomic mass is 32.2. The van der Waals surface area contributed by atoms with Gasteiger partial charge in [-0.2, -0.15) is 0 Å². The molecule has 6 nitrogen and oxygen atoms in total. The second-order valence-electron chi connectivity index (χ2n) is 6.70. The van der Waals surface area contributed by atoms with Gasteiger partial charge in [0.2, 0.25) is 11.8 Å². The van der Waals surface area contributed by atoms with Crippen LogP contribution in [0.5, 0.6) is 0 Å². The Morgan fingerprint density at radius 1 is 1.35 bits per heavy atom. The van der Waals surface area contributed by atoms with Crippen LogP contribution in [0.3, 0.4) is 0 Å². The van der Waals surface area contributed by atoms with Gasteiger partial charge in [0.25, 0.3) is 0 Å². The summed E-state index contributed by atoms with van der Waals surface area (Å²) in [6.07, 6.45) is 2.90. The van der Waals surface area contributed by atoms with Gasteiger partial charge in [0.1, 0.15) is 18.0 Å². The number of nitrogens with zero attached hydrogens (tertiary/aromatic N) is 3. The van der Waals surface area contributed by atoms with E-state index in [-0.39, 0.29) is 24.4 Å². The number of para-hydroxylation sites is 1. The SMILES string of the molecule is Cc1cc([C@@H]2CCCCN2C(=O)CN2C(=O)CSc3ccccc32)no1. The number of aromatic nitrogens is 1. The molecule has 1 saturated heterocycles. The predicted octanol–water partition coefficient (Wildman–Crippen LogP) is 3.18. The molecule has 0 N–H and O–H groups in total. The second-order valence-corrected chi connectivity index (χ2v) is 7.71. The average molecular weight is 371 g/mol. The number of fused-ring (bicyclic) bond motifs is 1. The third kappa shape index (κ3) is 3.23. The maximum atomic E-state index is 13.1. The third-order valence-corrected chi connectivity index (χ3v) is 5.96. The maximum Gasteiger partial charge on any atom is 0.243 e. The molecule has 1 aromatic heterocycles. The normalized spacial score (nSPS) is 20.2. The van der Waals surface area contributed by atoms with E-state index < -0.39 is 0 Å². The van der Waals surface area contributed by atoms with Crippen LogP contribution in [0.2, 0.25) is 0 Å². The Morgan fingerprint density at radius 3 is 3.00 bits per heavy atom. The number of piperidine rings is 1. The Bertz CT molecular complexity index is 835. The Kier molecular flexibility index (Phi) is 4.72. The van der Waals surface area contributed by atoms with Gasteiger partial charge < -0.3 is 14.3 Å². The van der Waals surface area contributed by atoms with Crippen LogP contribution in [-0.4, -0.2) is 40.7 Å². The van der Waals surface area contributed by atoms with Crippen molar-refractivity contribution in [1.82, 2.24) is 10.1 Å². The van der Waals surface area contributed by atoms with E-state index in [9.17, 15) is 9.59 Å². The first-order valence-corrected chi connectivity index (χ1v) is 9.87. The van der Waals surface area contributed by atoms with Crippen LogP contribution in [-0.2, 0) is 9.59 Å². The highest BCUT2D eigenvalue weighted by Crippen LogP contribution is 2.36. The monoisotopic (exact) mass is 371 g/mol. The van der Waals surface area contributed by atoms with Gasteiger partial charge in [0.15, 0.2) is 0 Å². The van der Waals surface area contributed by atoms with Crippen molar-refractivity contribution in [2.45, 2.75) is 37.1 Å². The molecule has 0 aliphatic carbocycles. The minimum atomic E-state index is -0.0711. The summed E-state index contributed by atoms with van der Waals surface area (Å²) in [5.41, 5.74) is 1.63. The molecule has 3 heterocycles. The zero-order chi connectivity index (χ0) is 18.1. The highest BCUT2D eigenvalue weighted by Gasteiger charge is 2.33. The molecule has 1 atom stereocenters. The number of hydrogen-bond acceptors (Lipinski definition) is 5. The summed E-state index contributed by atoms with van der Waals surface area (Å²) in [5.74, 6) is 1.06. The first-order chi connectivity index (χ1) is 12.6. The number of carbonyl (C=O) groups excluding carboxylic acids is 2. The number of hydrogen-bond donors (Lipinski definition) is 0. The molecule has 4 rings (SSSR count). The van der Waals surface area contributed by atoms with Crippen LogP contribution >= 0.6 is 11.8 Å². The third-order valence-electron chi connectivity index (χ3n) is 4.91. The largest absolute Gasteiger partial charge is 0.361 e. The predicted molar refractivity (Wildman–Crippen MR) is 99.1 cm³/mol. The van der Waals surface area contributed by atoms with Gasteiger partial charge >= 0.3 is 0 Å². The number of anilines is 1. The Morgan fingerprint density at radius 2 is 2.19 bits per heavy atom. The molecule has 0 saturated carbocycles. The number of carbonyl (C=O) groups is 2. The molecule has 7 heteroatoms. The minimum Gasteiger partial charge on any atom is -0.361 e. The van der Waals surface area contributed by atoms with Crippen LogP contribution in [0.25, 0.3) is 0 Å². The van der Waals surface area contributed by atoms with E-state index in [1.165, 1.54) is 11.8 Å². The summed E-state index contributed by atoms with van der Waals surface area (Å²) < 4.78 is 5.20. The summed E-state index contributed by atoms with van der Waals surface area (Å²) >= 11 is 1.52. The summed E-state index contributed by atoms with van der Waals surface area (Å²) in [6, 6.07) is 9.58. The molecular weight excluding hydrogens is 350 g/mol. The summed E-state index contributed by atoms with van der Waals surface area (Å²) in [7, 11) is 0. The van der Waals surface area contributed by atoms with E-state index in [4.69, 9.17) is 4.52 Å². The lowest BCUT2D eigenvalue weighted by Crippen LogP contribution is -2.47. The molecule has 2 aromatic rings. The lowest BCUT2D eigenvalue weighted by Gasteiger charge is -2.37. The fourth-order valence-electron chi connectivity index (χ4n) is 3.63.